The van der Waals surface area contributed by atoms with Gasteiger partial charge in [-0.1, -0.05) is 19.9 Å². The van der Waals surface area contributed by atoms with Crippen LogP contribution in [0.5, 0.6) is 0 Å². The number of carbonyl (C=O) groups is 1. The first kappa shape index (κ1) is 23.0. The number of hydrogen-bond donors (Lipinski definition) is 2. The monoisotopic (exact) mass is 375 g/mol. The molecule has 1 atom stereocenters. The molecule has 2 rings (SSSR count). The Morgan fingerprint density at radius 3 is 2.54 bits per heavy atom. The summed E-state index contributed by atoms with van der Waals surface area (Å²) in [5.74, 6) is 0.706. The Bertz CT molecular complexity index is 515. The van der Waals surface area contributed by atoms with Gasteiger partial charge in [-0.25, -0.2) is 0 Å². The molecular weight excluding hydrogens is 345 g/mol. The van der Waals surface area contributed by atoms with Crippen molar-refractivity contribution in [1.82, 2.24) is 10.2 Å². The lowest BCUT2D eigenvalue weighted by Gasteiger charge is -2.24. The van der Waals surface area contributed by atoms with Crippen molar-refractivity contribution in [2.24, 2.45) is 5.92 Å². The van der Waals surface area contributed by atoms with Crippen LogP contribution in [0.3, 0.4) is 0 Å². The summed E-state index contributed by atoms with van der Waals surface area (Å²) in [6.07, 6.45) is 1.02. The van der Waals surface area contributed by atoms with Crippen LogP contribution < -0.4 is 10.6 Å². The standard InChI is InChI=1S/C18H29N3O.2ClH/c1-13(2)15(4)20-17-8-5-7-16(14(17)3)18(22)21-11-6-9-19-10-12-21;;/h5,7-8,13,15,19-20H,6,9-12H2,1-4H3;2*1H. The topological polar surface area (TPSA) is 44.4 Å². The lowest BCUT2D eigenvalue weighted by Crippen LogP contribution is -2.34. The van der Waals surface area contributed by atoms with Crippen molar-refractivity contribution in [2.45, 2.75) is 40.2 Å². The van der Waals surface area contributed by atoms with Crippen LogP contribution >= 0.6 is 24.8 Å². The van der Waals surface area contributed by atoms with E-state index in [1.165, 1.54) is 0 Å². The molecule has 0 bridgehead atoms. The predicted octanol–water partition coefficient (Wildman–Crippen LogP) is 3.73. The smallest absolute Gasteiger partial charge is 0.254 e. The third-order valence-corrected chi connectivity index (χ3v) is 4.57. The van der Waals surface area contributed by atoms with Gasteiger partial charge in [0, 0.05) is 36.9 Å². The molecule has 138 valence electrons. The highest BCUT2D eigenvalue weighted by molar-refractivity contribution is 5.97. The summed E-state index contributed by atoms with van der Waals surface area (Å²) in [7, 11) is 0. The van der Waals surface area contributed by atoms with E-state index in [9.17, 15) is 4.79 Å². The average molecular weight is 376 g/mol. The molecule has 24 heavy (non-hydrogen) atoms. The van der Waals surface area contributed by atoms with Gasteiger partial charge in [0.15, 0.2) is 0 Å². The molecule has 1 saturated heterocycles. The third kappa shape index (κ3) is 5.83. The van der Waals surface area contributed by atoms with Gasteiger partial charge in [-0.2, -0.15) is 0 Å². The van der Waals surface area contributed by atoms with E-state index in [2.05, 4.69) is 37.5 Å². The van der Waals surface area contributed by atoms with Crippen LogP contribution in [-0.2, 0) is 0 Å². The summed E-state index contributed by atoms with van der Waals surface area (Å²) < 4.78 is 0. The zero-order chi connectivity index (χ0) is 16.1. The molecule has 1 amide bonds. The predicted molar refractivity (Wildman–Crippen MR) is 107 cm³/mol. The van der Waals surface area contributed by atoms with Crippen LogP contribution in [0.4, 0.5) is 5.69 Å². The second-order valence-corrected chi connectivity index (χ2v) is 6.55. The molecule has 1 aliphatic heterocycles. The molecule has 6 heteroatoms. The van der Waals surface area contributed by atoms with E-state index in [0.29, 0.717) is 12.0 Å². The minimum atomic E-state index is 0. The molecule has 4 nitrogen and oxygen atoms in total. The zero-order valence-electron chi connectivity index (χ0n) is 15.1. The van der Waals surface area contributed by atoms with Crippen molar-refractivity contribution in [3.8, 4) is 0 Å². The van der Waals surface area contributed by atoms with Gasteiger partial charge in [-0.05, 0) is 50.4 Å². The number of anilines is 1. The highest BCUT2D eigenvalue weighted by atomic mass is 35.5. The van der Waals surface area contributed by atoms with Crippen molar-refractivity contribution in [3.63, 3.8) is 0 Å². The van der Waals surface area contributed by atoms with Crippen LogP contribution in [0.15, 0.2) is 18.2 Å². The zero-order valence-corrected chi connectivity index (χ0v) is 16.7. The molecular formula is C18H31Cl2N3O. The van der Waals surface area contributed by atoms with Gasteiger partial charge in [0.05, 0.1) is 0 Å². The van der Waals surface area contributed by atoms with E-state index in [1.807, 2.05) is 24.0 Å². The van der Waals surface area contributed by atoms with Crippen molar-refractivity contribution in [2.75, 3.05) is 31.5 Å². The Hall–Kier alpha value is -0.970. The van der Waals surface area contributed by atoms with E-state index in [4.69, 9.17) is 0 Å². The van der Waals surface area contributed by atoms with E-state index < -0.39 is 0 Å². The fourth-order valence-electron chi connectivity index (χ4n) is 2.65. The van der Waals surface area contributed by atoms with Gasteiger partial charge in [0.25, 0.3) is 5.91 Å². The molecule has 0 saturated carbocycles. The summed E-state index contributed by atoms with van der Waals surface area (Å²) in [4.78, 5) is 14.8. The Balaban J connectivity index is 0.00000264. The molecule has 1 aliphatic rings. The summed E-state index contributed by atoms with van der Waals surface area (Å²) >= 11 is 0. The Morgan fingerprint density at radius 1 is 1.17 bits per heavy atom. The van der Waals surface area contributed by atoms with Gasteiger partial charge in [-0.3, -0.25) is 4.79 Å². The maximum absolute atomic E-state index is 12.8. The minimum Gasteiger partial charge on any atom is -0.382 e. The first-order valence-electron chi connectivity index (χ1n) is 8.37. The molecule has 0 radical (unpaired) electrons. The van der Waals surface area contributed by atoms with Crippen molar-refractivity contribution in [3.05, 3.63) is 29.3 Å². The summed E-state index contributed by atoms with van der Waals surface area (Å²) in [6, 6.07) is 6.37. The maximum Gasteiger partial charge on any atom is 0.254 e. The molecule has 2 N–H and O–H groups in total. The molecule has 1 fully saturated rings. The molecule has 1 heterocycles. The second-order valence-electron chi connectivity index (χ2n) is 6.55. The molecule has 0 aliphatic carbocycles. The number of hydrogen-bond acceptors (Lipinski definition) is 3. The normalized spacial score (nSPS) is 15.8. The molecule has 1 aromatic rings. The Morgan fingerprint density at radius 2 is 1.88 bits per heavy atom. The highest BCUT2D eigenvalue weighted by Crippen LogP contribution is 2.22. The largest absolute Gasteiger partial charge is 0.382 e. The van der Waals surface area contributed by atoms with Crippen LogP contribution in [-0.4, -0.2) is 43.0 Å². The van der Waals surface area contributed by atoms with Gasteiger partial charge in [-0.15, -0.1) is 24.8 Å². The number of carbonyl (C=O) groups excluding carboxylic acids is 1. The number of benzene rings is 1. The number of nitrogens with zero attached hydrogens (tertiary/aromatic N) is 1. The van der Waals surface area contributed by atoms with Crippen molar-refractivity contribution in [1.29, 1.82) is 0 Å². The first-order valence-corrected chi connectivity index (χ1v) is 8.37. The third-order valence-electron chi connectivity index (χ3n) is 4.57. The van der Waals surface area contributed by atoms with Crippen molar-refractivity contribution < 1.29 is 4.79 Å². The van der Waals surface area contributed by atoms with Gasteiger partial charge >= 0.3 is 0 Å². The molecule has 1 aromatic carbocycles. The van der Waals surface area contributed by atoms with Crippen molar-refractivity contribution >= 4 is 36.4 Å². The SMILES string of the molecule is Cc1c(NC(C)C(C)C)cccc1C(=O)N1CCCNCC1.Cl.Cl. The molecule has 1 unspecified atom stereocenters. The van der Waals surface area contributed by atoms with E-state index in [1.54, 1.807) is 0 Å². The van der Waals surface area contributed by atoms with Gasteiger partial charge in [0.1, 0.15) is 0 Å². The summed E-state index contributed by atoms with van der Waals surface area (Å²) in [5.41, 5.74) is 2.94. The first-order chi connectivity index (χ1) is 10.5. The molecule has 0 aromatic heterocycles. The average Bonchev–Trinajstić information content (AvgIpc) is 2.77. The van der Waals surface area contributed by atoms with Crippen LogP contribution in [0.25, 0.3) is 0 Å². The number of nitrogens with one attached hydrogen (secondary N) is 2. The number of amides is 1. The fourth-order valence-corrected chi connectivity index (χ4v) is 2.65. The minimum absolute atomic E-state index is 0. The fraction of sp³-hybridized carbons (Fsp3) is 0.611. The quantitative estimate of drug-likeness (QED) is 0.842. The van der Waals surface area contributed by atoms with Crippen LogP contribution in [0.2, 0.25) is 0 Å². The lowest BCUT2D eigenvalue weighted by molar-refractivity contribution is 0.0765. The number of halogens is 2. The van der Waals surface area contributed by atoms with Gasteiger partial charge in [0.2, 0.25) is 0 Å². The van der Waals surface area contributed by atoms with E-state index in [0.717, 1.165) is 49.4 Å². The second kappa shape index (κ2) is 10.8. The Kier molecular flexibility index (Phi) is 10.4. The van der Waals surface area contributed by atoms with Gasteiger partial charge < -0.3 is 15.5 Å². The Labute approximate surface area is 158 Å². The van der Waals surface area contributed by atoms with Crippen LogP contribution in [0, 0.1) is 12.8 Å². The van der Waals surface area contributed by atoms with E-state index in [-0.39, 0.29) is 30.7 Å². The highest BCUT2D eigenvalue weighted by Gasteiger charge is 2.20. The summed E-state index contributed by atoms with van der Waals surface area (Å²) in [5, 5.41) is 6.88. The summed E-state index contributed by atoms with van der Waals surface area (Å²) in [6.45, 7) is 12.1. The van der Waals surface area contributed by atoms with E-state index >= 15 is 0 Å². The maximum atomic E-state index is 12.8. The molecule has 0 spiro atoms. The lowest BCUT2D eigenvalue weighted by atomic mass is 10.0. The number of rotatable bonds is 4. The van der Waals surface area contributed by atoms with Crippen LogP contribution in [0.1, 0.15) is 43.1 Å².